The maximum absolute atomic E-state index is 12.2. The fraction of sp³-hybridized carbons (Fsp3) is 0.333. The van der Waals surface area contributed by atoms with Crippen molar-refractivity contribution in [2.24, 2.45) is 0 Å². The Morgan fingerprint density at radius 1 is 1.00 bits per heavy atom. The molecule has 1 amide bonds. The predicted molar refractivity (Wildman–Crippen MR) is 164 cm³/mol. The first-order chi connectivity index (χ1) is 19.5. The van der Waals surface area contributed by atoms with Gasteiger partial charge in [0.1, 0.15) is 17.3 Å². The SMILES string of the molecule is C=CC(=O)Nc1cc(N2CCN(CC)CC2)ccc1Nc1cc(NC)c(CNc2cc(OC)cc(OC)c2)cn1. The van der Waals surface area contributed by atoms with Gasteiger partial charge in [0, 0.05) is 92.9 Å². The van der Waals surface area contributed by atoms with E-state index in [1.54, 1.807) is 14.2 Å². The highest BCUT2D eigenvalue weighted by molar-refractivity contribution is 6.02. The molecule has 1 aliphatic rings. The van der Waals surface area contributed by atoms with Gasteiger partial charge in [-0.2, -0.15) is 0 Å². The molecule has 0 atom stereocenters. The number of rotatable bonds is 12. The zero-order valence-corrected chi connectivity index (χ0v) is 23.7. The molecule has 3 aromatic rings. The van der Waals surface area contributed by atoms with Gasteiger partial charge in [0.05, 0.1) is 25.6 Å². The second-order valence-corrected chi connectivity index (χ2v) is 9.40. The minimum Gasteiger partial charge on any atom is -0.497 e. The van der Waals surface area contributed by atoms with Gasteiger partial charge in [0.15, 0.2) is 0 Å². The first-order valence-electron chi connectivity index (χ1n) is 13.4. The quantitative estimate of drug-likeness (QED) is 0.240. The maximum Gasteiger partial charge on any atom is 0.247 e. The van der Waals surface area contributed by atoms with E-state index in [-0.39, 0.29) is 5.91 Å². The van der Waals surface area contributed by atoms with Crippen molar-refractivity contribution in [1.29, 1.82) is 0 Å². The van der Waals surface area contributed by atoms with Crippen LogP contribution in [0.2, 0.25) is 0 Å². The number of pyridine rings is 1. The van der Waals surface area contributed by atoms with E-state index in [1.165, 1.54) is 6.08 Å². The van der Waals surface area contributed by atoms with Crippen molar-refractivity contribution >= 4 is 40.2 Å². The summed E-state index contributed by atoms with van der Waals surface area (Å²) < 4.78 is 10.7. The molecule has 10 heteroatoms. The third-order valence-corrected chi connectivity index (χ3v) is 6.98. The summed E-state index contributed by atoms with van der Waals surface area (Å²) in [6.07, 6.45) is 3.09. The van der Waals surface area contributed by atoms with Crippen molar-refractivity contribution in [2.45, 2.75) is 13.5 Å². The zero-order chi connectivity index (χ0) is 28.5. The van der Waals surface area contributed by atoms with Gasteiger partial charge >= 0.3 is 0 Å². The van der Waals surface area contributed by atoms with Crippen molar-refractivity contribution < 1.29 is 14.3 Å². The van der Waals surface area contributed by atoms with E-state index in [9.17, 15) is 4.79 Å². The van der Waals surface area contributed by atoms with E-state index in [1.807, 2.05) is 49.6 Å². The van der Waals surface area contributed by atoms with E-state index in [4.69, 9.17) is 9.47 Å². The Bertz CT molecular complexity index is 1300. The molecule has 1 aliphatic heterocycles. The molecule has 4 N–H and O–H groups in total. The highest BCUT2D eigenvalue weighted by Crippen LogP contribution is 2.32. The third-order valence-electron chi connectivity index (χ3n) is 6.98. The summed E-state index contributed by atoms with van der Waals surface area (Å²) >= 11 is 0. The van der Waals surface area contributed by atoms with E-state index < -0.39 is 0 Å². The maximum atomic E-state index is 12.2. The number of anilines is 6. The molecule has 1 saturated heterocycles. The van der Waals surface area contributed by atoms with Gasteiger partial charge in [-0.3, -0.25) is 4.79 Å². The van der Waals surface area contributed by atoms with E-state index in [2.05, 4.69) is 55.6 Å². The molecule has 4 rings (SSSR count). The van der Waals surface area contributed by atoms with Gasteiger partial charge in [-0.15, -0.1) is 0 Å². The Labute approximate surface area is 236 Å². The van der Waals surface area contributed by atoms with Crippen LogP contribution in [-0.4, -0.2) is 69.8 Å². The number of carbonyl (C=O) groups is 1. The number of nitrogens with one attached hydrogen (secondary N) is 4. The monoisotopic (exact) mass is 545 g/mol. The summed E-state index contributed by atoms with van der Waals surface area (Å²) in [6.45, 7) is 11.3. The van der Waals surface area contributed by atoms with Crippen LogP contribution in [0.15, 0.2) is 61.3 Å². The molecule has 0 aliphatic carbocycles. The molecule has 0 bridgehead atoms. The Balaban J connectivity index is 1.51. The number of carbonyl (C=O) groups excluding carboxylic acids is 1. The minimum absolute atomic E-state index is 0.268. The Morgan fingerprint density at radius 2 is 1.73 bits per heavy atom. The molecule has 2 heterocycles. The molecule has 10 nitrogen and oxygen atoms in total. The highest BCUT2D eigenvalue weighted by atomic mass is 16.5. The minimum atomic E-state index is -0.268. The van der Waals surface area contributed by atoms with Gasteiger partial charge in [0.25, 0.3) is 0 Å². The zero-order valence-electron chi connectivity index (χ0n) is 23.7. The largest absolute Gasteiger partial charge is 0.497 e. The number of likely N-dealkylation sites (N-methyl/N-ethyl adjacent to an activating group) is 1. The first kappa shape index (κ1) is 28.6. The molecular weight excluding hydrogens is 506 g/mol. The van der Waals surface area contributed by atoms with Crippen LogP contribution < -0.4 is 35.6 Å². The predicted octanol–water partition coefficient (Wildman–Crippen LogP) is 4.76. The average Bonchev–Trinajstić information content (AvgIpc) is 3.00. The normalized spacial score (nSPS) is 13.3. The topological polar surface area (TPSA) is 103 Å². The number of hydrogen-bond donors (Lipinski definition) is 4. The summed E-state index contributed by atoms with van der Waals surface area (Å²) in [5.41, 5.74) is 5.26. The molecule has 0 radical (unpaired) electrons. The smallest absolute Gasteiger partial charge is 0.247 e. The number of benzene rings is 2. The average molecular weight is 546 g/mol. The number of nitrogens with zero attached hydrogens (tertiary/aromatic N) is 3. The fourth-order valence-corrected chi connectivity index (χ4v) is 4.62. The van der Waals surface area contributed by atoms with Crippen LogP contribution in [0.25, 0.3) is 0 Å². The first-order valence-corrected chi connectivity index (χ1v) is 13.4. The van der Waals surface area contributed by atoms with Crippen molar-refractivity contribution in [1.82, 2.24) is 9.88 Å². The Hall–Kier alpha value is -4.44. The lowest BCUT2D eigenvalue weighted by molar-refractivity contribution is -0.111. The molecular formula is C30H39N7O3. The number of amides is 1. The number of hydrogen-bond acceptors (Lipinski definition) is 9. The summed E-state index contributed by atoms with van der Waals surface area (Å²) in [7, 11) is 5.13. The lowest BCUT2D eigenvalue weighted by atomic mass is 10.1. The molecule has 1 fully saturated rings. The molecule has 0 saturated carbocycles. The van der Waals surface area contributed by atoms with Gasteiger partial charge in [0.2, 0.25) is 5.91 Å². The molecule has 0 unspecified atom stereocenters. The van der Waals surface area contributed by atoms with Crippen molar-refractivity contribution in [3.05, 3.63) is 66.9 Å². The van der Waals surface area contributed by atoms with Crippen LogP contribution in [0.4, 0.5) is 34.3 Å². The molecule has 212 valence electrons. The second kappa shape index (κ2) is 13.6. The Kier molecular flexibility index (Phi) is 9.69. The lowest BCUT2D eigenvalue weighted by Gasteiger charge is -2.35. The van der Waals surface area contributed by atoms with Gasteiger partial charge < -0.3 is 40.5 Å². The van der Waals surface area contributed by atoms with Crippen molar-refractivity contribution in [3.8, 4) is 11.5 Å². The van der Waals surface area contributed by atoms with Crippen LogP contribution in [0.1, 0.15) is 12.5 Å². The van der Waals surface area contributed by atoms with E-state index in [0.29, 0.717) is 29.5 Å². The number of ether oxygens (including phenoxy) is 2. The van der Waals surface area contributed by atoms with Gasteiger partial charge in [-0.05, 0) is 30.8 Å². The third kappa shape index (κ3) is 7.15. The summed E-state index contributed by atoms with van der Waals surface area (Å²) in [5, 5.41) is 13.0. The molecule has 1 aromatic heterocycles. The van der Waals surface area contributed by atoms with Crippen LogP contribution in [0.5, 0.6) is 11.5 Å². The standard InChI is InChI=1S/C30H39N7O3/c1-6-30(38)35-28-16-23(37-12-10-36(7-2)11-13-37)8-9-26(28)34-29-18-27(31-3)21(20-33-29)19-32-22-14-24(39-4)17-25(15-22)40-5/h6,8-9,14-18,20,32H,1,7,10-13,19H2,2-5H3,(H,35,38)(H2,31,33,34). The summed E-state index contributed by atoms with van der Waals surface area (Å²) in [6, 6.07) is 13.7. The van der Waals surface area contributed by atoms with E-state index in [0.717, 1.165) is 61.0 Å². The van der Waals surface area contributed by atoms with Gasteiger partial charge in [-0.25, -0.2) is 4.98 Å². The highest BCUT2D eigenvalue weighted by Gasteiger charge is 2.18. The van der Waals surface area contributed by atoms with Crippen LogP contribution in [0, 0.1) is 0 Å². The number of aromatic nitrogens is 1. The van der Waals surface area contributed by atoms with Crippen LogP contribution >= 0.6 is 0 Å². The fourth-order valence-electron chi connectivity index (χ4n) is 4.62. The summed E-state index contributed by atoms with van der Waals surface area (Å²) in [5.74, 6) is 1.80. The van der Waals surface area contributed by atoms with Crippen molar-refractivity contribution in [2.75, 3.05) is 80.2 Å². The summed E-state index contributed by atoms with van der Waals surface area (Å²) in [4.78, 5) is 21.7. The van der Waals surface area contributed by atoms with Crippen molar-refractivity contribution in [3.63, 3.8) is 0 Å². The molecule has 2 aromatic carbocycles. The van der Waals surface area contributed by atoms with E-state index >= 15 is 0 Å². The second-order valence-electron chi connectivity index (χ2n) is 9.40. The lowest BCUT2D eigenvalue weighted by Crippen LogP contribution is -2.46. The number of piperazine rings is 1. The molecule has 40 heavy (non-hydrogen) atoms. The van der Waals surface area contributed by atoms with Crippen LogP contribution in [0.3, 0.4) is 0 Å². The Morgan fingerprint density at radius 3 is 2.35 bits per heavy atom. The van der Waals surface area contributed by atoms with Gasteiger partial charge in [-0.1, -0.05) is 13.5 Å². The van der Waals surface area contributed by atoms with Crippen LogP contribution in [-0.2, 0) is 11.3 Å². The number of methoxy groups -OCH3 is 2. The molecule has 0 spiro atoms.